The van der Waals surface area contributed by atoms with Gasteiger partial charge in [-0.3, -0.25) is 15.0 Å². The first-order chi connectivity index (χ1) is 30.7. The molecule has 4 aromatic heterocycles. The zero-order chi connectivity index (χ0) is 43.8. The van der Waals surface area contributed by atoms with Gasteiger partial charge in [0.2, 0.25) is 0 Å². The van der Waals surface area contributed by atoms with Crippen LogP contribution < -0.4 is 18.9 Å². The molecule has 0 bridgehead atoms. The molecule has 12 nitrogen and oxygen atoms in total. The molecule has 0 saturated heterocycles. The van der Waals surface area contributed by atoms with E-state index in [-0.39, 0.29) is 44.6 Å². The van der Waals surface area contributed by atoms with Gasteiger partial charge < -0.3 is 28.9 Å². The molecule has 0 aliphatic carbocycles. The van der Waals surface area contributed by atoms with Crippen molar-refractivity contribution in [2.24, 2.45) is 4.99 Å². The van der Waals surface area contributed by atoms with Crippen LogP contribution in [-0.4, -0.2) is 26.7 Å². The van der Waals surface area contributed by atoms with E-state index < -0.39 is 5.41 Å². The van der Waals surface area contributed by atoms with E-state index >= 15 is 0 Å². The number of ether oxygens (including phenoxy) is 4. The van der Waals surface area contributed by atoms with E-state index in [0.29, 0.717) is 79.4 Å². The Morgan fingerprint density at radius 1 is 0.594 bits per heavy atom. The molecule has 13 heteroatoms. The molecule has 0 aliphatic rings. The summed E-state index contributed by atoms with van der Waals surface area (Å²) < 4.78 is 24.7. The summed E-state index contributed by atoms with van der Waals surface area (Å²) in [7, 11) is 0. The Labute approximate surface area is 383 Å². The van der Waals surface area contributed by atoms with Crippen LogP contribution in [0, 0.1) is 41.4 Å². The van der Waals surface area contributed by atoms with E-state index in [1.807, 2.05) is 50.2 Å². The normalized spacial score (nSPS) is 10.5. The summed E-state index contributed by atoms with van der Waals surface area (Å²) >= 11 is 0. The van der Waals surface area contributed by atoms with Gasteiger partial charge in [0.25, 0.3) is 0 Å². The van der Waals surface area contributed by atoms with E-state index in [4.69, 9.17) is 45.5 Å². The molecule has 310 valence electrons. The molecular formula is C51H32N8O4Pt. The van der Waals surface area contributed by atoms with E-state index in [0.717, 1.165) is 0 Å². The fourth-order valence-electron chi connectivity index (χ4n) is 6.35. The number of rotatable bonds is 13. The quantitative estimate of drug-likeness (QED) is 0.0805. The minimum absolute atomic E-state index is 0. The van der Waals surface area contributed by atoms with Crippen LogP contribution in [0.4, 0.5) is 11.4 Å². The maximum absolute atomic E-state index is 9.40. The minimum atomic E-state index is -0.757. The monoisotopic (exact) mass is 1020 g/mol. The Hall–Kier alpha value is -8.49. The smallest absolute Gasteiger partial charge is 0.485 e. The Morgan fingerprint density at radius 3 is 1.53 bits per heavy atom. The van der Waals surface area contributed by atoms with Crippen LogP contribution in [0.1, 0.15) is 36.4 Å². The molecule has 4 heterocycles. The van der Waals surface area contributed by atoms with Crippen molar-refractivity contribution >= 4 is 18.1 Å². The van der Waals surface area contributed by atoms with Crippen molar-refractivity contribution in [1.82, 2.24) is 19.9 Å². The average molecular weight is 1020 g/mol. The second-order valence-corrected chi connectivity index (χ2v) is 14.2. The Balaban J connectivity index is 0.00000612. The predicted octanol–water partition coefficient (Wildman–Crippen LogP) is 12.3. The molecule has 0 N–H and O–H groups in total. The van der Waals surface area contributed by atoms with Crippen LogP contribution in [0.2, 0.25) is 0 Å². The van der Waals surface area contributed by atoms with Crippen LogP contribution in [0.25, 0.3) is 27.4 Å². The molecule has 0 spiro atoms. The van der Waals surface area contributed by atoms with Gasteiger partial charge in [0, 0.05) is 22.9 Å². The number of hydrogen-bond donors (Lipinski definition) is 0. The van der Waals surface area contributed by atoms with Gasteiger partial charge in [-0.25, -0.2) is 4.85 Å². The molecule has 64 heavy (non-hydrogen) atoms. The van der Waals surface area contributed by atoms with E-state index in [1.165, 1.54) is 0 Å². The molecule has 0 saturated carbocycles. The zero-order valence-electron chi connectivity index (χ0n) is 34.1. The summed E-state index contributed by atoms with van der Waals surface area (Å²) in [5.41, 5.74) is 4.45. The van der Waals surface area contributed by atoms with Crippen molar-refractivity contribution in [3.8, 4) is 81.2 Å². The Morgan fingerprint density at radius 2 is 1.05 bits per heavy atom. The van der Waals surface area contributed by atoms with E-state index in [1.54, 1.807) is 109 Å². The number of pyridine rings is 4. The number of benzene rings is 4. The molecule has 0 atom stereocenters. The maximum Gasteiger partial charge on any atom is 2.00 e. The average Bonchev–Trinajstić information content (AvgIpc) is 3.32. The fraction of sp³-hybridized carbons (Fsp3) is 0.0588. The second-order valence-electron chi connectivity index (χ2n) is 14.2. The molecular weight excluding hydrogens is 984 g/mol. The third-order valence-corrected chi connectivity index (χ3v) is 9.57. The SMILES string of the molecule is [C-]#[N+]c1cccc(Oc2nc(Oc3cccc(C#N)c3)c[c-]c2-c2cccc(C(C)(C)c3cccc(-c4[c-]cc(Oc5cccc(C#N)c5)nc4Oc4cccc(N=C)c4)n3)n2)c1.[Pt+2]. The molecule has 0 aliphatic heterocycles. The molecule has 0 radical (unpaired) electrons. The number of aliphatic imine (C=N–C) groups is 1. The summed E-state index contributed by atoms with van der Waals surface area (Å²) in [5, 5.41) is 18.8. The van der Waals surface area contributed by atoms with Crippen molar-refractivity contribution in [2.75, 3.05) is 0 Å². The van der Waals surface area contributed by atoms with Crippen molar-refractivity contribution in [3.05, 3.63) is 192 Å². The third-order valence-electron chi connectivity index (χ3n) is 9.57. The van der Waals surface area contributed by atoms with Gasteiger partial charge in [0.15, 0.2) is 5.69 Å². The van der Waals surface area contributed by atoms with E-state index in [2.05, 4.69) is 40.8 Å². The summed E-state index contributed by atoms with van der Waals surface area (Å²) in [4.78, 5) is 27.2. The van der Waals surface area contributed by atoms with Crippen LogP contribution in [0.5, 0.6) is 46.5 Å². The first-order valence-electron chi connectivity index (χ1n) is 19.3. The first-order valence-corrected chi connectivity index (χ1v) is 19.3. The Kier molecular flexibility index (Phi) is 13.3. The van der Waals surface area contributed by atoms with E-state index in [9.17, 15) is 10.5 Å². The van der Waals surface area contributed by atoms with Crippen LogP contribution in [-0.2, 0) is 26.5 Å². The van der Waals surface area contributed by atoms with Crippen LogP contribution >= 0.6 is 0 Å². The molecule has 0 amide bonds. The van der Waals surface area contributed by atoms with Gasteiger partial charge in [-0.1, -0.05) is 77.9 Å². The van der Waals surface area contributed by atoms with Gasteiger partial charge >= 0.3 is 21.1 Å². The van der Waals surface area contributed by atoms with Crippen LogP contribution in [0.15, 0.2) is 151 Å². The first kappa shape index (κ1) is 43.6. The van der Waals surface area contributed by atoms with Gasteiger partial charge in [-0.15, -0.1) is 12.1 Å². The largest absolute Gasteiger partial charge is 2.00 e. The molecule has 4 aromatic carbocycles. The summed E-state index contributed by atoms with van der Waals surface area (Å²) in [6.07, 6.45) is 0. The number of nitrogens with zero attached hydrogens (tertiary/aromatic N) is 8. The summed E-state index contributed by atoms with van der Waals surface area (Å²) in [6.45, 7) is 15.2. The minimum Gasteiger partial charge on any atom is -0.485 e. The van der Waals surface area contributed by atoms with Gasteiger partial charge in [-0.2, -0.15) is 10.5 Å². The van der Waals surface area contributed by atoms with Crippen molar-refractivity contribution in [2.45, 2.75) is 19.3 Å². The molecule has 0 fully saturated rings. The van der Waals surface area contributed by atoms with Crippen LogP contribution in [0.3, 0.4) is 0 Å². The van der Waals surface area contributed by atoms with Gasteiger partial charge in [0.05, 0.1) is 35.5 Å². The van der Waals surface area contributed by atoms with Crippen molar-refractivity contribution < 1.29 is 40.0 Å². The second kappa shape index (κ2) is 19.5. The zero-order valence-corrected chi connectivity index (χ0v) is 36.4. The number of nitriles is 2. The summed E-state index contributed by atoms with van der Waals surface area (Å²) in [5.74, 6) is 2.38. The predicted molar refractivity (Wildman–Crippen MR) is 236 cm³/mol. The number of hydrogen-bond acceptors (Lipinski definition) is 11. The molecule has 8 rings (SSSR count). The maximum atomic E-state index is 9.40. The van der Waals surface area contributed by atoms with Gasteiger partial charge in [-0.05, 0) is 105 Å². The van der Waals surface area contributed by atoms with Gasteiger partial charge in [0.1, 0.15) is 46.5 Å². The summed E-state index contributed by atoms with van der Waals surface area (Å²) in [6, 6.07) is 52.6. The fourth-order valence-corrected chi connectivity index (χ4v) is 6.35. The van der Waals surface area contributed by atoms with Crippen molar-refractivity contribution in [3.63, 3.8) is 0 Å². The Bertz CT molecular complexity index is 3150. The third kappa shape index (κ3) is 9.99. The van der Waals surface area contributed by atoms with Crippen molar-refractivity contribution in [1.29, 1.82) is 10.5 Å². The molecule has 8 aromatic rings. The number of aromatic nitrogens is 4. The standard InChI is InChI=1S/C51H32N8O4.Pt/c1-51(2,45-21-9-19-43(56-45)41-23-25-47(60-37-15-5-11-33(27-37)31-52)58-49(41)62-39-17-7-13-35(29-39)54-3)46-22-10-20-44(57-46)42-24-26-48(61-38-16-6-12-34(28-38)32-53)59-50(42)63-40-18-8-14-36(30-40)55-4;/h5-22,25-30H,3H2,1-2H3;/q-2;+2. The molecule has 0 unspecified atom stereocenters. The topological polar surface area (TPSA) is 153 Å².